The van der Waals surface area contributed by atoms with Crippen LogP contribution in [0.25, 0.3) is 0 Å². The highest BCUT2D eigenvalue weighted by atomic mass is 16.6. The van der Waals surface area contributed by atoms with E-state index in [1.54, 1.807) is 43.5 Å². The maximum atomic E-state index is 10.7. The van der Waals surface area contributed by atoms with Crippen molar-refractivity contribution in [3.8, 4) is 5.75 Å². The third-order valence-corrected chi connectivity index (χ3v) is 2.81. The quantitative estimate of drug-likeness (QED) is 0.676. The lowest BCUT2D eigenvalue weighted by Crippen LogP contribution is -2.01. The van der Waals surface area contributed by atoms with Gasteiger partial charge >= 0.3 is 0 Å². The average molecular weight is 259 g/mol. The molecule has 2 aromatic rings. The van der Waals surface area contributed by atoms with Crippen molar-refractivity contribution in [3.63, 3.8) is 0 Å². The molecule has 5 nitrogen and oxygen atoms in total. The molecule has 2 aromatic carbocycles. The lowest BCUT2D eigenvalue weighted by Gasteiger charge is -2.12. The number of benzene rings is 2. The normalized spacial score (nSPS) is 11.9. The van der Waals surface area contributed by atoms with Gasteiger partial charge in [-0.2, -0.15) is 0 Å². The van der Waals surface area contributed by atoms with Crippen LogP contribution in [0.5, 0.6) is 5.75 Å². The van der Waals surface area contributed by atoms with Gasteiger partial charge in [0.25, 0.3) is 5.69 Å². The molecule has 0 aliphatic rings. The third-order valence-electron chi connectivity index (χ3n) is 2.81. The SMILES string of the molecule is COc1cccc([C@H](O)c2cccc([N+](=O)[O-])c2)c1. The van der Waals surface area contributed by atoms with Crippen LogP contribution in [0.1, 0.15) is 17.2 Å². The molecule has 1 N–H and O–H groups in total. The number of non-ortho nitro benzene ring substituents is 1. The predicted octanol–water partition coefficient (Wildman–Crippen LogP) is 2.69. The van der Waals surface area contributed by atoms with E-state index in [4.69, 9.17) is 4.74 Å². The Bertz CT molecular complexity index is 598. The van der Waals surface area contributed by atoms with Crippen LogP contribution < -0.4 is 4.74 Å². The van der Waals surface area contributed by atoms with Gasteiger partial charge in [0.2, 0.25) is 0 Å². The minimum Gasteiger partial charge on any atom is -0.497 e. The lowest BCUT2D eigenvalue weighted by atomic mass is 10.0. The summed E-state index contributed by atoms with van der Waals surface area (Å²) >= 11 is 0. The molecular formula is C14H13NO4. The number of aliphatic hydroxyl groups excluding tert-OH is 1. The van der Waals surface area contributed by atoms with Crippen molar-refractivity contribution in [2.24, 2.45) is 0 Å². The van der Waals surface area contributed by atoms with Gasteiger partial charge in [-0.1, -0.05) is 24.3 Å². The van der Waals surface area contributed by atoms with E-state index in [9.17, 15) is 15.2 Å². The molecule has 0 saturated carbocycles. The van der Waals surface area contributed by atoms with Crippen molar-refractivity contribution in [1.29, 1.82) is 0 Å². The van der Waals surface area contributed by atoms with Gasteiger partial charge in [-0.3, -0.25) is 10.1 Å². The molecule has 0 spiro atoms. The molecule has 98 valence electrons. The van der Waals surface area contributed by atoms with Crippen molar-refractivity contribution < 1.29 is 14.8 Å². The molecule has 5 heteroatoms. The van der Waals surface area contributed by atoms with Crippen molar-refractivity contribution in [3.05, 3.63) is 69.8 Å². The molecule has 0 unspecified atom stereocenters. The molecule has 0 amide bonds. The lowest BCUT2D eigenvalue weighted by molar-refractivity contribution is -0.385. The van der Waals surface area contributed by atoms with Gasteiger partial charge < -0.3 is 9.84 Å². The first kappa shape index (κ1) is 13.0. The summed E-state index contributed by atoms with van der Waals surface area (Å²) in [5, 5.41) is 21.0. The summed E-state index contributed by atoms with van der Waals surface area (Å²) in [6, 6.07) is 12.9. The number of methoxy groups -OCH3 is 1. The van der Waals surface area contributed by atoms with E-state index in [1.807, 2.05) is 0 Å². The Morgan fingerprint density at radius 1 is 1.16 bits per heavy atom. The minimum atomic E-state index is -0.921. The summed E-state index contributed by atoms with van der Waals surface area (Å²) < 4.78 is 5.08. The average Bonchev–Trinajstić information content (AvgIpc) is 2.46. The van der Waals surface area contributed by atoms with Crippen molar-refractivity contribution >= 4 is 5.69 Å². The molecule has 0 saturated heterocycles. The van der Waals surface area contributed by atoms with E-state index in [1.165, 1.54) is 12.1 Å². The van der Waals surface area contributed by atoms with Crippen LogP contribution in [0, 0.1) is 10.1 Å². The number of aliphatic hydroxyl groups is 1. The largest absolute Gasteiger partial charge is 0.497 e. The van der Waals surface area contributed by atoms with Gasteiger partial charge in [0.1, 0.15) is 11.9 Å². The van der Waals surface area contributed by atoms with E-state index in [0.717, 1.165) is 0 Å². The molecule has 1 atom stereocenters. The Morgan fingerprint density at radius 3 is 2.42 bits per heavy atom. The van der Waals surface area contributed by atoms with Crippen molar-refractivity contribution in [2.75, 3.05) is 7.11 Å². The third kappa shape index (κ3) is 2.89. The Balaban J connectivity index is 2.35. The first-order chi connectivity index (χ1) is 9.11. The standard InChI is InChI=1S/C14H13NO4/c1-19-13-7-3-5-11(9-13)14(16)10-4-2-6-12(8-10)15(17)18/h2-9,14,16H,1H3/t14-/m1/s1. The van der Waals surface area contributed by atoms with Crippen LogP contribution in [-0.2, 0) is 0 Å². The second kappa shape index (κ2) is 5.49. The maximum Gasteiger partial charge on any atom is 0.269 e. The van der Waals surface area contributed by atoms with Crippen molar-refractivity contribution in [2.45, 2.75) is 6.10 Å². The van der Waals surface area contributed by atoms with Gasteiger partial charge in [-0.25, -0.2) is 0 Å². The van der Waals surface area contributed by atoms with E-state index < -0.39 is 11.0 Å². The number of nitro groups is 1. The van der Waals surface area contributed by atoms with Crippen LogP contribution in [0.15, 0.2) is 48.5 Å². The highest BCUT2D eigenvalue weighted by molar-refractivity contribution is 5.40. The van der Waals surface area contributed by atoms with E-state index in [0.29, 0.717) is 16.9 Å². The first-order valence-corrected chi connectivity index (χ1v) is 5.68. The highest BCUT2D eigenvalue weighted by Gasteiger charge is 2.14. The fourth-order valence-corrected chi connectivity index (χ4v) is 1.81. The summed E-state index contributed by atoms with van der Waals surface area (Å²) in [4.78, 5) is 10.2. The summed E-state index contributed by atoms with van der Waals surface area (Å²) in [6.07, 6.45) is -0.921. The van der Waals surface area contributed by atoms with Crippen molar-refractivity contribution in [1.82, 2.24) is 0 Å². The molecule has 0 bridgehead atoms. The Hall–Kier alpha value is -2.40. The van der Waals surface area contributed by atoms with Gasteiger partial charge in [-0.15, -0.1) is 0 Å². The van der Waals surface area contributed by atoms with Gasteiger partial charge in [-0.05, 0) is 23.3 Å². The monoisotopic (exact) mass is 259 g/mol. The molecule has 0 aliphatic carbocycles. The Morgan fingerprint density at radius 2 is 1.79 bits per heavy atom. The molecule has 19 heavy (non-hydrogen) atoms. The van der Waals surface area contributed by atoms with Gasteiger partial charge in [0, 0.05) is 12.1 Å². The zero-order chi connectivity index (χ0) is 13.8. The number of hydrogen-bond donors (Lipinski definition) is 1. The zero-order valence-corrected chi connectivity index (χ0v) is 10.3. The maximum absolute atomic E-state index is 10.7. The van der Waals surface area contributed by atoms with Crippen LogP contribution in [0.2, 0.25) is 0 Å². The molecule has 0 radical (unpaired) electrons. The molecule has 0 heterocycles. The number of nitro benzene ring substituents is 1. The number of rotatable bonds is 4. The molecular weight excluding hydrogens is 246 g/mol. The van der Waals surface area contributed by atoms with E-state index >= 15 is 0 Å². The molecule has 0 fully saturated rings. The molecule has 0 aliphatic heterocycles. The smallest absolute Gasteiger partial charge is 0.269 e. The highest BCUT2D eigenvalue weighted by Crippen LogP contribution is 2.27. The van der Waals surface area contributed by atoms with E-state index in [-0.39, 0.29) is 5.69 Å². The summed E-state index contributed by atoms with van der Waals surface area (Å²) in [5.41, 5.74) is 1.06. The Labute approximate surface area is 110 Å². The van der Waals surface area contributed by atoms with Crippen LogP contribution in [-0.4, -0.2) is 17.1 Å². The second-order valence-corrected chi connectivity index (χ2v) is 4.03. The predicted molar refractivity (Wildman–Crippen MR) is 70.2 cm³/mol. The summed E-state index contributed by atoms with van der Waals surface area (Å²) in [7, 11) is 1.54. The minimum absolute atomic E-state index is 0.0422. The number of nitrogens with zero attached hydrogens (tertiary/aromatic N) is 1. The van der Waals surface area contributed by atoms with Crippen LogP contribution in [0.3, 0.4) is 0 Å². The second-order valence-electron chi connectivity index (χ2n) is 4.03. The van der Waals surface area contributed by atoms with E-state index in [2.05, 4.69) is 0 Å². The molecule has 2 rings (SSSR count). The number of hydrogen-bond acceptors (Lipinski definition) is 4. The fraction of sp³-hybridized carbons (Fsp3) is 0.143. The van der Waals surface area contributed by atoms with Gasteiger partial charge in [0.05, 0.1) is 12.0 Å². The first-order valence-electron chi connectivity index (χ1n) is 5.68. The fourth-order valence-electron chi connectivity index (χ4n) is 1.81. The summed E-state index contributed by atoms with van der Waals surface area (Å²) in [5.74, 6) is 0.627. The number of ether oxygens (including phenoxy) is 1. The topological polar surface area (TPSA) is 72.6 Å². The zero-order valence-electron chi connectivity index (χ0n) is 10.3. The molecule has 0 aromatic heterocycles. The van der Waals surface area contributed by atoms with Gasteiger partial charge in [0.15, 0.2) is 0 Å². The Kier molecular flexibility index (Phi) is 3.77. The summed E-state index contributed by atoms with van der Waals surface area (Å²) in [6.45, 7) is 0. The van der Waals surface area contributed by atoms with Crippen LogP contribution in [0.4, 0.5) is 5.69 Å². The van der Waals surface area contributed by atoms with Crippen LogP contribution >= 0.6 is 0 Å².